The molecule has 0 fully saturated rings. The summed E-state index contributed by atoms with van der Waals surface area (Å²) >= 11 is 0. The van der Waals surface area contributed by atoms with Crippen LogP contribution in [0.15, 0.2) is 36.4 Å². The Balaban J connectivity index is 1.31. The minimum atomic E-state index is -0.629. The van der Waals surface area contributed by atoms with Crippen LogP contribution in [0.2, 0.25) is 0 Å². The van der Waals surface area contributed by atoms with Crippen LogP contribution in [0.1, 0.15) is 55.5 Å². The van der Waals surface area contributed by atoms with Crippen LogP contribution < -0.4 is 14.8 Å². The summed E-state index contributed by atoms with van der Waals surface area (Å²) in [5.74, 6) is 0.479. The topological polar surface area (TPSA) is 86.3 Å². The molecule has 2 N–H and O–H groups in total. The predicted molar refractivity (Wildman–Crippen MR) is 123 cm³/mol. The fourth-order valence-corrected chi connectivity index (χ4v) is 4.30. The van der Waals surface area contributed by atoms with E-state index >= 15 is 0 Å². The molecule has 0 spiro atoms. The summed E-state index contributed by atoms with van der Waals surface area (Å²) in [6, 6.07) is 12.0. The summed E-state index contributed by atoms with van der Waals surface area (Å²) in [6.45, 7) is 6.74. The van der Waals surface area contributed by atoms with E-state index in [-0.39, 0.29) is 18.6 Å². The first-order valence-corrected chi connectivity index (χ1v) is 11.6. The summed E-state index contributed by atoms with van der Waals surface area (Å²) in [6.07, 6.45) is 2.19. The second-order valence-electron chi connectivity index (χ2n) is 9.05. The molecule has 1 aliphatic carbocycles. The smallest absolute Gasteiger partial charge is 0.344 e. The molecular formula is C26H33NO6. The monoisotopic (exact) mass is 455 g/mol. The van der Waals surface area contributed by atoms with Gasteiger partial charge in [0.1, 0.15) is 11.5 Å². The fraction of sp³-hybridized carbons (Fsp3) is 0.500. The molecular weight excluding hydrogens is 422 g/mol. The number of fused-ring (bicyclic) bond motifs is 2. The highest BCUT2D eigenvalue weighted by atomic mass is 16.7. The first-order chi connectivity index (χ1) is 15.8. The molecule has 7 nitrogen and oxygen atoms in total. The van der Waals surface area contributed by atoms with Crippen molar-refractivity contribution in [2.75, 3.05) is 19.8 Å². The van der Waals surface area contributed by atoms with Crippen LogP contribution in [-0.4, -0.2) is 42.7 Å². The van der Waals surface area contributed by atoms with E-state index in [4.69, 9.17) is 18.9 Å². The lowest BCUT2D eigenvalue weighted by atomic mass is 9.88. The van der Waals surface area contributed by atoms with Crippen LogP contribution in [0, 0.1) is 0 Å². The molecule has 2 aromatic rings. The van der Waals surface area contributed by atoms with Crippen molar-refractivity contribution in [2.45, 2.75) is 64.6 Å². The van der Waals surface area contributed by atoms with Crippen molar-refractivity contribution >= 4 is 5.97 Å². The molecule has 2 aliphatic rings. The maximum atomic E-state index is 11.5. The van der Waals surface area contributed by atoms with Crippen molar-refractivity contribution in [3.63, 3.8) is 0 Å². The van der Waals surface area contributed by atoms with Crippen LogP contribution in [0.3, 0.4) is 0 Å². The number of carbonyl (C=O) groups is 1. The van der Waals surface area contributed by atoms with Crippen LogP contribution in [0.4, 0.5) is 0 Å². The molecule has 0 saturated carbocycles. The maximum absolute atomic E-state index is 11.5. The molecule has 2 aromatic carbocycles. The number of esters is 1. The summed E-state index contributed by atoms with van der Waals surface area (Å²) in [5, 5.41) is 14.3. The molecule has 0 saturated heterocycles. The number of ether oxygens (including phenoxy) is 4. The molecule has 1 heterocycles. The Morgan fingerprint density at radius 1 is 1.21 bits per heavy atom. The van der Waals surface area contributed by atoms with Crippen LogP contribution in [-0.2, 0) is 33.7 Å². The van der Waals surface area contributed by atoms with Crippen molar-refractivity contribution in [3.8, 4) is 11.5 Å². The lowest BCUT2D eigenvalue weighted by molar-refractivity contribution is -0.180. The quantitative estimate of drug-likeness (QED) is 0.590. The highest BCUT2D eigenvalue weighted by molar-refractivity contribution is 5.71. The zero-order valence-corrected chi connectivity index (χ0v) is 19.6. The Labute approximate surface area is 195 Å². The molecule has 33 heavy (non-hydrogen) atoms. The van der Waals surface area contributed by atoms with Crippen LogP contribution in [0.5, 0.6) is 11.5 Å². The van der Waals surface area contributed by atoms with Gasteiger partial charge in [0.15, 0.2) is 6.61 Å². The number of rotatable bonds is 8. The first-order valence-electron chi connectivity index (χ1n) is 11.6. The molecule has 0 radical (unpaired) electrons. The molecule has 4 rings (SSSR count). The second-order valence-corrected chi connectivity index (χ2v) is 9.05. The predicted octanol–water partition coefficient (Wildman–Crippen LogP) is 3.45. The number of carbonyl (C=O) groups excluding carboxylic acids is 1. The molecule has 178 valence electrons. The van der Waals surface area contributed by atoms with Crippen LogP contribution in [0.25, 0.3) is 0 Å². The van der Waals surface area contributed by atoms with Crippen molar-refractivity contribution in [2.24, 2.45) is 0 Å². The molecule has 0 amide bonds. The number of nitrogens with one attached hydrogen (secondary N) is 1. The number of aliphatic hydroxyl groups is 1. The fourth-order valence-electron chi connectivity index (χ4n) is 4.30. The van der Waals surface area contributed by atoms with Gasteiger partial charge in [0.2, 0.25) is 5.79 Å². The van der Waals surface area contributed by atoms with Gasteiger partial charge < -0.3 is 29.4 Å². The highest BCUT2D eigenvalue weighted by Crippen LogP contribution is 2.33. The molecule has 7 heteroatoms. The van der Waals surface area contributed by atoms with Crippen molar-refractivity contribution in [1.82, 2.24) is 5.32 Å². The van der Waals surface area contributed by atoms with Gasteiger partial charge in [0, 0.05) is 32.0 Å². The van der Waals surface area contributed by atoms with E-state index in [2.05, 4.69) is 11.4 Å². The molecule has 2 atom stereocenters. The zero-order valence-electron chi connectivity index (χ0n) is 19.6. The average molecular weight is 456 g/mol. The minimum absolute atomic E-state index is 0.0884. The standard InChI is InChI=1S/C26H33NO6/c1-4-30-25(29)16-31-22-9-6-17-5-8-21(12-19(17)13-22)27-14-23(28)18-7-10-24-20(11-18)15-32-26(2,3)33-24/h6-7,9-11,13,21,23,27-28H,4-5,8,12,14-16H2,1-3H3/t21-,23?/m0/s1. The van der Waals surface area contributed by atoms with Gasteiger partial charge in [-0.15, -0.1) is 0 Å². The van der Waals surface area contributed by atoms with E-state index in [1.165, 1.54) is 11.1 Å². The lowest BCUT2D eigenvalue weighted by Gasteiger charge is -2.33. The zero-order chi connectivity index (χ0) is 23.4. The number of aliphatic hydroxyl groups excluding tert-OH is 1. The van der Waals surface area contributed by atoms with Gasteiger partial charge in [-0.25, -0.2) is 4.79 Å². The van der Waals surface area contributed by atoms with Gasteiger partial charge in [0.05, 0.1) is 19.3 Å². The Morgan fingerprint density at radius 2 is 2.06 bits per heavy atom. The molecule has 1 aliphatic heterocycles. The largest absolute Gasteiger partial charge is 0.482 e. The average Bonchev–Trinajstić information content (AvgIpc) is 2.80. The Hall–Kier alpha value is -2.61. The number of aryl methyl sites for hydroxylation is 1. The number of benzene rings is 2. The second kappa shape index (κ2) is 10.1. The molecule has 0 bridgehead atoms. The van der Waals surface area contributed by atoms with E-state index in [1.807, 2.05) is 44.2 Å². The highest BCUT2D eigenvalue weighted by Gasteiger charge is 2.28. The van der Waals surface area contributed by atoms with Crippen molar-refractivity contribution in [1.29, 1.82) is 0 Å². The Kier molecular flexibility index (Phi) is 7.22. The van der Waals surface area contributed by atoms with Gasteiger partial charge in [-0.1, -0.05) is 12.1 Å². The van der Waals surface area contributed by atoms with E-state index in [9.17, 15) is 9.90 Å². The van der Waals surface area contributed by atoms with Crippen molar-refractivity contribution in [3.05, 3.63) is 58.7 Å². The van der Waals surface area contributed by atoms with Crippen LogP contribution >= 0.6 is 0 Å². The minimum Gasteiger partial charge on any atom is -0.482 e. The third-order valence-corrected chi connectivity index (χ3v) is 6.07. The number of hydrogen-bond acceptors (Lipinski definition) is 7. The summed E-state index contributed by atoms with van der Waals surface area (Å²) < 4.78 is 22.0. The maximum Gasteiger partial charge on any atom is 0.344 e. The number of hydrogen-bond donors (Lipinski definition) is 2. The van der Waals surface area contributed by atoms with Gasteiger partial charge >= 0.3 is 5.97 Å². The first kappa shape index (κ1) is 23.5. The molecule has 0 aromatic heterocycles. The van der Waals surface area contributed by atoms with Crippen molar-refractivity contribution < 1.29 is 28.8 Å². The summed E-state index contributed by atoms with van der Waals surface area (Å²) in [7, 11) is 0. The van der Waals surface area contributed by atoms with Gasteiger partial charge in [-0.2, -0.15) is 0 Å². The summed E-state index contributed by atoms with van der Waals surface area (Å²) in [5.41, 5.74) is 4.31. The Bertz CT molecular complexity index is 989. The Morgan fingerprint density at radius 3 is 2.88 bits per heavy atom. The van der Waals surface area contributed by atoms with E-state index in [0.29, 0.717) is 25.5 Å². The van der Waals surface area contributed by atoms with E-state index in [1.54, 1.807) is 6.92 Å². The van der Waals surface area contributed by atoms with Gasteiger partial charge in [-0.05, 0) is 67.1 Å². The van der Waals surface area contributed by atoms with Gasteiger partial charge in [-0.3, -0.25) is 0 Å². The third-order valence-electron chi connectivity index (χ3n) is 6.07. The summed E-state index contributed by atoms with van der Waals surface area (Å²) in [4.78, 5) is 11.5. The molecule has 1 unspecified atom stereocenters. The normalized spacial score (nSPS) is 19.6. The lowest BCUT2D eigenvalue weighted by Crippen LogP contribution is -2.37. The van der Waals surface area contributed by atoms with E-state index < -0.39 is 11.9 Å². The van der Waals surface area contributed by atoms with E-state index in [0.717, 1.165) is 36.1 Å². The SMILES string of the molecule is CCOC(=O)COc1ccc2c(c1)C[C@@H](NCC(O)c1ccc3c(c1)COC(C)(C)O3)CC2. The third kappa shape index (κ3) is 6.05. The van der Waals surface area contributed by atoms with Gasteiger partial charge in [0.25, 0.3) is 0 Å².